The smallest absolute Gasteiger partial charge is 0.261 e. The van der Waals surface area contributed by atoms with Gasteiger partial charge in [0.2, 0.25) is 0 Å². The Balaban J connectivity index is 2.43. The predicted octanol–water partition coefficient (Wildman–Crippen LogP) is 1.03. The Hall–Kier alpha value is -1.51. The molecule has 0 atom stereocenters. The number of hydrazine groups is 1. The first kappa shape index (κ1) is 15.5. The summed E-state index contributed by atoms with van der Waals surface area (Å²) in [6, 6.07) is 2.76. The number of rotatable bonds is 7. The second kappa shape index (κ2) is 7.82. The zero-order valence-electron chi connectivity index (χ0n) is 9.83. The summed E-state index contributed by atoms with van der Waals surface area (Å²) >= 11 is 5.70. The van der Waals surface area contributed by atoms with Gasteiger partial charge in [0.05, 0.1) is 6.61 Å². The molecule has 0 aromatic carbocycles. The van der Waals surface area contributed by atoms with Crippen LogP contribution < -0.4 is 16.6 Å². The van der Waals surface area contributed by atoms with Crippen LogP contribution in [0.5, 0.6) is 0 Å². The number of carbonyl (C=O) groups is 1. The van der Waals surface area contributed by atoms with Gasteiger partial charge in [-0.1, -0.05) is 11.6 Å². The van der Waals surface area contributed by atoms with Crippen molar-refractivity contribution in [1.29, 1.82) is 0 Å². The number of nitrogen functional groups attached to an aromatic ring is 1. The third-order valence-electron chi connectivity index (χ3n) is 1.98. The third-order valence-corrected chi connectivity index (χ3v) is 2.17. The van der Waals surface area contributed by atoms with Crippen LogP contribution in [0.3, 0.4) is 0 Å². The van der Waals surface area contributed by atoms with E-state index in [1.165, 1.54) is 12.1 Å². The number of pyridine rings is 1. The topological polar surface area (TPSA) is 89.3 Å². The monoisotopic (exact) mass is 294 g/mol. The number of carbonyl (C=O) groups excluding carboxylic acids is 1. The van der Waals surface area contributed by atoms with Crippen molar-refractivity contribution in [2.45, 2.75) is 6.43 Å². The van der Waals surface area contributed by atoms with E-state index in [4.69, 9.17) is 17.4 Å². The number of hydrogen-bond acceptors (Lipinski definition) is 5. The fourth-order valence-corrected chi connectivity index (χ4v) is 1.42. The highest BCUT2D eigenvalue weighted by Crippen LogP contribution is 2.13. The molecule has 0 bridgehead atoms. The minimum atomic E-state index is -2.52. The highest BCUT2D eigenvalue weighted by Gasteiger charge is 2.09. The van der Waals surface area contributed by atoms with Gasteiger partial charge in [-0.05, 0) is 12.1 Å². The summed E-state index contributed by atoms with van der Waals surface area (Å²) in [6.07, 6.45) is -2.52. The van der Waals surface area contributed by atoms with Gasteiger partial charge in [0.1, 0.15) is 17.6 Å². The number of nitrogens with two attached hydrogens (primary N) is 1. The van der Waals surface area contributed by atoms with Gasteiger partial charge in [-0.25, -0.2) is 19.6 Å². The number of hydrogen-bond donors (Lipinski definition) is 3. The Morgan fingerprint density at radius 3 is 2.89 bits per heavy atom. The van der Waals surface area contributed by atoms with E-state index < -0.39 is 18.9 Å². The van der Waals surface area contributed by atoms with Crippen LogP contribution in [-0.4, -0.2) is 37.1 Å². The van der Waals surface area contributed by atoms with Crippen LogP contribution in [0.25, 0.3) is 0 Å². The van der Waals surface area contributed by atoms with Crippen LogP contribution in [0.1, 0.15) is 10.4 Å². The maximum absolute atomic E-state index is 11.8. The van der Waals surface area contributed by atoms with Crippen molar-refractivity contribution in [1.82, 2.24) is 10.3 Å². The molecule has 1 aromatic rings. The molecule has 19 heavy (non-hydrogen) atoms. The van der Waals surface area contributed by atoms with Gasteiger partial charge in [-0.2, -0.15) is 0 Å². The van der Waals surface area contributed by atoms with Crippen molar-refractivity contribution in [3.63, 3.8) is 0 Å². The highest BCUT2D eigenvalue weighted by atomic mass is 35.5. The Morgan fingerprint density at radius 2 is 2.26 bits per heavy atom. The number of amides is 1. The quantitative estimate of drug-likeness (QED) is 0.302. The molecule has 0 aliphatic heterocycles. The first-order valence-corrected chi connectivity index (χ1v) is 5.69. The van der Waals surface area contributed by atoms with Crippen LogP contribution in [0.2, 0.25) is 5.15 Å². The lowest BCUT2D eigenvalue weighted by Gasteiger charge is -2.07. The van der Waals surface area contributed by atoms with E-state index in [9.17, 15) is 13.6 Å². The average Bonchev–Trinajstić information content (AvgIpc) is 2.36. The molecular weight excluding hydrogens is 282 g/mol. The molecule has 1 rings (SSSR count). The summed E-state index contributed by atoms with van der Waals surface area (Å²) in [6.45, 7) is -0.550. The number of anilines is 1. The summed E-state index contributed by atoms with van der Waals surface area (Å²) < 4.78 is 28.1. The summed E-state index contributed by atoms with van der Waals surface area (Å²) in [5, 5.41) is 2.59. The molecule has 0 fully saturated rings. The van der Waals surface area contributed by atoms with Crippen LogP contribution in [0, 0.1) is 0 Å². The normalized spacial score (nSPS) is 10.6. The molecule has 0 radical (unpaired) electrons. The number of halogens is 3. The number of ether oxygens (including phenoxy) is 1. The van der Waals surface area contributed by atoms with Gasteiger partial charge in [-0.15, -0.1) is 0 Å². The molecule has 0 spiro atoms. The van der Waals surface area contributed by atoms with E-state index in [1.54, 1.807) is 0 Å². The van der Waals surface area contributed by atoms with Gasteiger partial charge < -0.3 is 15.5 Å². The lowest BCUT2D eigenvalue weighted by atomic mass is 10.2. The van der Waals surface area contributed by atoms with Crippen LogP contribution in [0.4, 0.5) is 14.6 Å². The van der Waals surface area contributed by atoms with Crippen molar-refractivity contribution < 1.29 is 18.3 Å². The molecular formula is C10H13ClF2N4O2. The Kier molecular flexibility index (Phi) is 6.40. The van der Waals surface area contributed by atoms with E-state index in [-0.39, 0.29) is 29.7 Å². The van der Waals surface area contributed by atoms with Crippen LogP contribution >= 0.6 is 11.6 Å². The molecule has 1 aromatic heterocycles. The standard InChI is InChI=1S/C10H13ClF2N4O2/c11-7-3-6(4-9(16-7)17-14)10(18)15-1-2-19-5-8(12)13/h3-4,8H,1-2,5,14H2,(H,15,18)(H,16,17). The minimum Gasteiger partial charge on any atom is -0.374 e. The maximum atomic E-state index is 11.8. The Bertz CT molecular complexity index is 434. The largest absolute Gasteiger partial charge is 0.374 e. The lowest BCUT2D eigenvalue weighted by Crippen LogP contribution is -2.28. The van der Waals surface area contributed by atoms with Crippen molar-refractivity contribution in [2.75, 3.05) is 25.2 Å². The SMILES string of the molecule is NNc1cc(C(=O)NCCOCC(F)F)cc(Cl)n1. The highest BCUT2D eigenvalue weighted by molar-refractivity contribution is 6.29. The molecule has 0 unspecified atom stereocenters. The molecule has 0 saturated heterocycles. The third kappa shape index (κ3) is 5.77. The van der Waals surface area contributed by atoms with E-state index in [1.807, 2.05) is 0 Å². The lowest BCUT2D eigenvalue weighted by molar-refractivity contribution is 0.0188. The fourth-order valence-electron chi connectivity index (χ4n) is 1.21. The van der Waals surface area contributed by atoms with Crippen molar-refractivity contribution in [2.24, 2.45) is 5.84 Å². The van der Waals surface area contributed by atoms with Gasteiger partial charge in [-0.3, -0.25) is 4.79 Å². The first-order chi connectivity index (χ1) is 9.02. The summed E-state index contributed by atoms with van der Waals surface area (Å²) in [4.78, 5) is 15.5. The number of alkyl halides is 2. The number of nitrogens with one attached hydrogen (secondary N) is 2. The Labute approximate surface area is 113 Å². The molecule has 1 heterocycles. The van der Waals surface area contributed by atoms with E-state index in [0.717, 1.165) is 0 Å². The molecule has 0 aliphatic rings. The fraction of sp³-hybridized carbons (Fsp3) is 0.400. The zero-order valence-corrected chi connectivity index (χ0v) is 10.6. The van der Waals surface area contributed by atoms with Crippen molar-refractivity contribution >= 4 is 23.3 Å². The summed E-state index contributed by atoms with van der Waals surface area (Å²) in [5.74, 6) is 4.97. The zero-order chi connectivity index (χ0) is 14.3. The van der Waals surface area contributed by atoms with Gasteiger partial charge >= 0.3 is 0 Å². The molecule has 0 saturated carbocycles. The molecule has 0 aliphatic carbocycles. The van der Waals surface area contributed by atoms with Crippen molar-refractivity contribution in [3.8, 4) is 0 Å². The van der Waals surface area contributed by atoms with Crippen LogP contribution in [-0.2, 0) is 4.74 Å². The molecule has 9 heteroatoms. The molecule has 4 N–H and O–H groups in total. The predicted molar refractivity (Wildman–Crippen MR) is 66.2 cm³/mol. The summed E-state index contributed by atoms with van der Waals surface area (Å²) in [5.41, 5.74) is 2.52. The Morgan fingerprint density at radius 1 is 1.53 bits per heavy atom. The maximum Gasteiger partial charge on any atom is 0.261 e. The van der Waals surface area contributed by atoms with Crippen molar-refractivity contribution in [3.05, 3.63) is 22.8 Å². The van der Waals surface area contributed by atoms with Gasteiger partial charge in [0.15, 0.2) is 0 Å². The van der Waals surface area contributed by atoms with E-state index in [2.05, 4.69) is 20.5 Å². The van der Waals surface area contributed by atoms with E-state index in [0.29, 0.717) is 0 Å². The average molecular weight is 295 g/mol. The van der Waals surface area contributed by atoms with E-state index >= 15 is 0 Å². The second-order valence-corrected chi connectivity index (χ2v) is 3.82. The minimum absolute atomic E-state index is 0.00308. The second-order valence-electron chi connectivity index (χ2n) is 3.43. The molecule has 1 amide bonds. The molecule has 6 nitrogen and oxygen atoms in total. The van der Waals surface area contributed by atoms with Crippen LogP contribution in [0.15, 0.2) is 12.1 Å². The number of aromatic nitrogens is 1. The van der Waals surface area contributed by atoms with Gasteiger partial charge in [0.25, 0.3) is 12.3 Å². The number of nitrogens with zero attached hydrogens (tertiary/aromatic N) is 1. The van der Waals surface area contributed by atoms with Gasteiger partial charge in [0, 0.05) is 12.1 Å². The summed E-state index contributed by atoms with van der Waals surface area (Å²) in [7, 11) is 0. The molecule has 106 valence electrons. The first-order valence-electron chi connectivity index (χ1n) is 5.31.